The molecule has 2 N–H and O–H groups in total. The van der Waals surface area contributed by atoms with Gasteiger partial charge in [0.1, 0.15) is 0 Å². The van der Waals surface area contributed by atoms with Gasteiger partial charge in [-0.25, -0.2) is 0 Å². The number of hydrogen-bond acceptors (Lipinski definition) is 3. The zero-order valence-electron chi connectivity index (χ0n) is 14.6. The van der Waals surface area contributed by atoms with Gasteiger partial charge in [0.2, 0.25) is 0 Å². The van der Waals surface area contributed by atoms with Crippen molar-refractivity contribution in [3.63, 3.8) is 0 Å². The van der Waals surface area contributed by atoms with Crippen LogP contribution in [-0.2, 0) is 33.9 Å². The molecule has 0 saturated carbocycles. The quantitative estimate of drug-likeness (QED) is 0.509. The van der Waals surface area contributed by atoms with Crippen LogP contribution in [0.1, 0.15) is 34.2 Å². The first-order valence-electron chi connectivity index (χ1n) is 8.18. The minimum atomic E-state index is -0.238. The molecule has 0 unspecified atom stereocenters. The zero-order chi connectivity index (χ0) is 17.8. The van der Waals surface area contributed by atoms with Crippen molar-refractivity contribution >= 4 is 11.6 Å². The van der Waals surface area contributed by atoms with Crippen molar-refractivity contribution in [1.29, 1.82) is 0 Å². The van der Waals surface area contributed by atoms with E-state index < -0.39 is 0 Å². The third-order valence-electron chi connectivity index (χ3n) is 4.04. The number of H-pyrrole nitrogens is 1. The molecule has 1 aliphatic rings. The molecule has 0 saturated heterocycles. The predicted molar refractivity (Wildman–Crippen MR) is 99.1 cm³/mol. The van der Waals surface area contributed by atoms with Crippen LogP contribution in [0, 0.1) is 13.8 Å². The van der Waals surface area contributed by atoms with Crippen molar-refractivity contribution < 1.29 is 25.9 Å². The Labute approximate surface area is 167 Å². The molecule has 0 bridgehead atoms. The minimum Gasteiger partial charge on any atom is -0.346 e. The van der Waals surface area contributed by atoms with Crippen molar-refractivity contribution in [2.45, 2.75) is 19.8 Å². The van der Waals surface area contributed by atoms with E-state index in [4.69, 9.17) is 0 Å². The topological polar surface area (TPSA) is 70.7 Å². The van der Waals surface area contributed by atoms with Crippen LogP contribution < -0.4 is 5.32 Å². The van der Waals surface area contributed by atoms with Gasteiger partial charge >= 0.3 is 21.1 Å². The second-order valence-electron chi connectivity index (χ2n) is 5.59. The molecule has 6 heteroatoms. The van der Waals surface area contributed by atoms with E-state index in [9.17, 15) is 4.79 Å². The number of carbonyl (C=O) groups excluding carboxylic acids is 1. The van der Waals surface area contributed by atoms with Crippen molar-refractivity contribution in [2.75, 3.05) is 5.32 Å². The largest absolute Gasteiger partial charge is 2.00 e. The molecule has 1 amide bonds. The van der Waals surface area contributed by atoms with Crippen LogP contribution in [0.2, 0.25) is 0 Å². The molecule has 0 radical (unpaired) electrons. The minimum absolute atomic E-state index is 0. The van der Waals surface area contributed by atoms with Gasteiger partial charge in [0.25, 0.3) is 5.91 Å². The summed E-state index contributed by atoms with van der Waals surface area (Å²) in [6, 6.07) is 11.3. The predicted octanol–water partition coefficient (Wildman–Crippen LogP) is 3.84. The monoisotopic (exact) mass is 516 g/mol. The van der Waals surface area contributed by atoms with Crippen LogP contribution in [0.3, 0.4) is 0 Å². The fourth-order valence-electron chi connectivity index (χ4n) is 2.88. The summed E-state index contributed by atoms with van der Waals surface area (Å²) in [4.78, 5) is 17.1. The van der Waals surface area contributed by atoms with Gasteiger partial charge in [-0.15, -0.1) is 0 Å². The molecule has 132 valence electrons. The van der Waals surface area contributed by atoms with E-state index in [1.165, 1.54) is 0 Å². The van der Waals surface area contributed by atoms with Crippen molar-refractivity contribution in [3.8, 4) is 11.3 Å². The van der Waals surface area contributed by atoms with E-state index in [1.807, 2.05) is 36.4 Å². The summed E-state index contributed by atoms with van der Waals surface area (Å²) in [7, 11) is 0. The smallest absolute Gasteiger partial charge is 0.346 e. The van der Waals surface area contributed by atoms with Gasteiger partial charge in [-0.3, -0.25) is 14.9 Å². The second kappa shape index (κ2) is 8.81. The first-order chi connectivity index (χ1) is 12.2. The van der Waals surface area contributed by atoms with Crippen LogP contribution in [0.15, 0.2) is 42.6 Å². The average Bonchev–Trinajstić information content (AvgIpc) is 3.10. The normalized spacial score (nSPS) is 11.2. The Morgan fingerprint density at radius 3 is 2.62 bits per heavy atom. The molecule has 0 spiro atoms. The van der Waals surface area contributed by atoms with Gasteiger partial charge < -0.3 is 12.2 Å². The van der Waals surface area contributed by atoms with Gasteiger partial charge in [-0.05, 0) is 24.5 Å². The number of rotatable bonds is 2. The maximum atomic E-state index is 12.6. The van der Waals surface area contributed by atoms with E-state index in [0.29, 0.717) is 5.69 Å². The van der Waals surface area contributed by atoms with Gasteiger partial charge in [0.05, 0.1) is 11.3 Å². The van der Waals surface area contributed by atoms with Crippen LogP contribution in [0.25, 0.3) is 11.3 Å². The number of aryl methyl sites for hydroxylation is 2. The number of aromatic amines is 1. The Hall–Kier alpha value is -2.39. The number of hydrogen-bond donors (Lipinski definition) is 2. The first-order valence-corrected chi connectivity index (χ1v) is 8.18. The number of benzene rings is 1. The Bertz CT molecular complexity index is 887. The fourth-order valence-corrected chi connectivity index (χ4v) is 2.88. The summed E-state index contributed by atoms with van der Waals surface area (Å²) < 4.78 is 0. The maximum absolute atomic E-state index is 12.6. The number of carbonyl (C=O) groups is 1. The van der Waals surface area contributed by atoms with Gasteiger partial charge in [0.15, 0.2) is 5.69 Å². The molecule has 2 heterocycles. The molecule has 1 aliphatic carbocycles. The van der Waals surface area contributed by atoms with Gasteiger partial charge in [-0.2, -0.15) is 36.6 Å². The van der Waals surface area contributed by atoms with Crippen LogP contribution in [0.5, 0.6) is 0 Å². The van der Waals surface area contributed by atoms with Crippen molar-refractivity contribution in [3.05, 3.63) is 79.0 Å². The molecular weight excluding hydrogens is 496 g/mol. The van der Waals surface area contributed by atoms with Crippen LogP contribution >= 0.6 is 0 Å². The molecule has 0 atom stereocenters. The first kappa shape index (κ1) is 19.9. The number of pyridine rings is 1. The second-order valence-corrected chi connectivity index (χ2v) is 5.59. The zero-order valence-corrected chi connectivity index (χ0v) is 17.5. The summed E-state index contributed by atoms with van der Waals surface area (Å²) in [6.07, 6.45) is 3.49. The fraction of sp³-hybridized carbons (Fsp3) is 0.150. The molecule has 1 aromatic carbocycles. The third kappa shape index (κ3) is 3.88. The molecule has 2 aromatic heterocycles. The number of amides is 1. The van der Waals surface area contributed by atoms with Crippen molar-refractivity contribution in [2.24, 2.45) is 0 Å². The number of nitrogens with one attached hydrogen (secondary N) is 2. The maximum Gasteiger partial charge on any atom is 2.00 e. The van der Waals surface area contributed by atoms with E-state index in [-0.39, 0.29) is 27.0 Å². The summed E-state index contributed by atoms with van der Waals surface area (Å²) in [6.45, 7) is 8.84. The SMILES string of the molecule is [CH2-]C.[CH2-]c1ccc(NC(=O)c2n[nH]c3c2-c2ncccc2CC3)cc1.[W+2]. The molecule has 0 aliphatic heterocycles. The summed E-state index contributed by atoms with van der Waals surface area (Å²) in [5.74, 6) is -0.238. The average molecular weight is 516 g/mol. The molecular formula is C20H20N4OW. The molecule has 3 aromatic rings. The van der Waals surface area contributed by atoms with E-state index in [2.05, 4.69) is 34.3 Å². The van der Waals surface area contributed by atoms with Crippen molar-refractivity contribution in [1.82, 2.24) is 15.2 Å². The van der Waals surface area contributed by atoms with Gasteiger partial charge in [0, 0.05) is 17.6 Å². The summed E-state index contributed by atoms with van der Waals surface area (Å²) >= 11 is 0. The standard InChI is InChI=1S/C18H15N4O.C2H5.W/c1-11-4-7-13(8-5-11)20-18(23)17-15-14(21-22-17)9-6-12-3-2-10-19-16(12)15;1-2;/h2-5,7-8,10H,1,6,9H2,(H,20,23)(H,21,22);1H2,2H3;/q2*-1;+2. The molecule has 5 nitrogen and oxygen atoms in total. The van der Waals surface area contributed by atoms with Gasteiger partial charge in [-0.1, -0.05) is 18.2 Å². The number of aromatic nitrogens is 3. The molecule has 0 fully saturated rings. The molecule has 4 rings (SSSR count). The van der Waals surface area contributed by atoms with E-state index in [1.54, 1.807) is 13.1 Å². The van der Waals surface area contributed by atoms with Crippen LogP contribution in [0.4, 0.5) is 5.69 Å². The molecule has 26 heavy (non-hydrogen) atoms. The van der Waals surface area contributed by atoms with E-state index in [0.717, 1.165) is 46.6 Å². The Morgan fingerprint density at radius 1 is 1.15 bits per heavy atom. The van der Waals surface area contributed by atoms with Crippen LogP contribution in [-0.4, -0.2) is 21.1 Å². The van der Waals surface area contributed by atoms with E-state index >= 15 is 0 Å². The summed E-state index contributed by atoms with van der Waals surface area (Å²) in [5, 5.41) is 10.1. The number of fused-ring (bicyclic) bond motifs is 3. The third-order valence-corrected chi connectivity index (χ3v) is 4.04. The Morgan fingerprint density at radius 2 is 1.88 bits per heavy atom. The Balaban J connectivity index is 0.000000784. The number of nitrogens with zero attached hydrogens (tertiary/aromatic N) is 2. The Kier molecular flexibility index (Phi) is 6.75. The summed E-state index contributed by atoms with van der Waals surface area (Å²) in [5.41, 5.74) is 5.79. The number of anilines is 1.